The van der Waals surface area contributed by atoms with Crippen molar-refractivity contribution in [3.05, 3.63) is 53.8 Å². The summed E-state index contributed by atoms with van der Waals surface area (Å²) in [6.45, 7) is 0. The van der Waals surface area contributed by atoms with Crippen LogP contribution in [-0.2, 0) is 14.3 Å². The summed E-state index contributed by atoms with van der Waals surface area (Å²) in [6, 6.07) is 11.4. The van der Waals surface area contributed by atoms with Crippen molar-refractivity contribution >= 4 is 23.9 Å². The van der Waals surface area contributed by atoms with Gasteiger partial charge in [0, 0.05) is 11.5 Å². The van der Waals surface area contributed by atoms with Crippen molar-refractivity contribution in [2.24, 2.45) is 11.8 Å². The van der Waals surface area contributed by atoms with Gasteiger partial charge in [-0.1, -0.05) is 36.8 Å². The molecule has 2 unspecified atom stereocenters. The Morgan fingerprint density at radius 3 is 2.37 bits per heavy atom. The van der Waals surface area contributed by atoms with E-state index >= 15 is 0 Å². The number of Topliss-reactive ketones (excluding diaryl/α,β-unsaturated/α-hetero) is 1. The average Bonchev–Trinajstić information content (AvgIpc) is 3.18. The molecule has 27 heavy (non-hydrogen) atoms. The van der Waals surface area contributed by atoms with Crippen LogP contribution in [0.3, 0.4) is 0 Å². The maximum Gasteiger partial charge on any atom is 0.309 e. The first-order valence-corrected chi connectivity index (χ1v) is 8.77. The Morgan fingerprint density at radius 1 is 1.07 bits per heavy atom. The second-order valence-corrected chi connectivity index (χ2v) is 6.57. The molecule has 1 aliphatic carbocycles. The van der Waals surface area contributed by atoms with Gasteiger partial charge in [-0.3, -0.25) is 14.4 Å². The van der Waals surface area contributed by atoms with E-state index < -0.39 is 5.82 Å². The number of hydrogen-bond donors (Lipinski definition) is 1. The molecule has 0 aromatic heterocycles. The van der Waals surface area contributed by atoms with Crippen LogP contribution in [0.1, 0.15) is 29.6 Å². The summed E-state index contributed by atoms with van der Waals surface area (Å²) >= 11 is 0. The zero-order valence-corrected chi connectivity index (χ0v) is 14.9. The molecule has 2 aromatic rings. The molecule has 1 N–H and O–H groups in total. The number of hydrogen-bond acceptors (Lipinski definition) is 4. The lowest BCUT2D eigenvalue weighted by Crippen LogP contribution is -2.26. The molecule has 0 saturated heterocycles. The van der Waals surface area contributed by atoms with Crippen LogP contribution in [-0.4, -0.2) is 25.3 Å². The van der Waals surface area contributed by atoms with Crippen molar-refractivity contribution in [3.8, 4) is 11.1 Å². The highest BCUT2D eigenvalue weighted by atomic mass is 19.1. The number of nitrogens with one attached hydrogen (secondary N) is 1. The normalized spacial score (nSPS) is 18.7. The summed E-state index contributed by atoms with van der Waals surface area (Å²) in [6.07, 6.45) is 2.59. The van der Waals surface area contributed by atoms with Gasteiger partial charge in [0.25, 0.3) is 0 Å². The zero-order valence-electron chi connectivity index (χ0n) is 14.9. The minimum atomic E-state index is -0.536. The van der Waals surface area contributed by atoms with E-state index in [2.05, 4.69) is 5.32 Å². The van der Waals surface area contributed by atoms with Gasteiger partial charge in [0.1, 0.15) is 5.82 Å². The largest absolute Gasteiger partial charge is 0.469 e. The van der Waals surface area contributed by atoms with Gasteiger partial charge < -0.3 is 10.1 Å². The number of halogens is 1. The fraction of sp³-hybridized carbons (Fsp3) is 0.286. The number of ketones is 1. The Labute approximate surface area is 156 Å². The summed E-state index contributed by atoms with van der Waals surface area (Å²) < 4.78 is 18.8. The number of carbonyl (C=O) groups is 3. The third-order valence-corrected chi connectivity index (χ3v) is 5.04. The number of rotatable bonds is 6. The summed E-state index contributed by atoms with van der Waals surface area (Å²) in [5, 5.41) is 2.29. The predicted molar refractivity (Wildman–Crippen MR) is 98.7 cm³/mol. The van der Waals surface area contributed by atoms with Gasteiger partial charge in [-0.05, 0) is 36.1 Å². The monoisotopic (exact) mass is 369 g/mol. The topological polar surface area (TPSA) is 72.5 Å². The van der Waals surface area contributed by atoms with Crippen LogP contribution in [0, 0.1) is 17.7 Å². The first-order valence-electron chi connectivity index (χ1n) is 8.77. The Bertz CT molecular complexity index is 863. The molecule has 2 atom stereocenters. The second kappa shape index (κ2) is 8.12. The van der Waals surface area contributed by atoms with E-state index in [1.54, 1.807) is 30.3 Å². The first-order chi connectivity index (χ1) is 13.0. The molecule has 0 heterocycles. The van der Waals surface area contributed by atoms with E-state index in [9.17, 15) is 18.8 Å². The van der Waals surface area contributed by atoms with Crippen LogP contribution in [0.4, 0.5) is 10.1 Å². The number of anilines is 1. The molecule has 2 aromatic carbocycles. The van der Waals surface area contributed by atoms with Gasteiger partial charge >= 0.3 is 5.97 Å². The number of benzene rings is 2. The SMILES string of the molecule is COC(=O)C1CCCC1C(=O)c1ccc(-c2ccc(NC=O)c(F)c2)cc1. The lowest BCUT2D eigenvalue weighted by molar-refractivity contribution is -0.146. The molecule has 0 radical (unpaired) electrons. The maximum atomic E-state index is 14.0. The van der Waals surface area contributed by atoms with Crippen molar-refractivity contribution in [1.29, 1.82) is 0 Å². The van der Waals surface area contributed by atoms with Crippen molar-refractivity contribution < 1.29 is 23.5 Å². The number of amides is 1. The summed E-state index contributed by atoms with van der Waals surface area (Å²) in [5.41, 5.74) is 2.02. The van der Waals surface area contributed by atoms with Crippen molar-refractivity contribution in [3.63, 3.8) is 0 Å². The lowest BCUT2D eigenvalue weighted by Gasteiger charge is -2.16. The summed E-state index contributed by atoms with van der Waals surface area (Å²) in [5.74, 6) is -1.66. The molecule has 1 amide bonds. The van der Waals surface area contributed by atoms with E-state index in [0.29, 0.717) is 30.4 Å². The predicted octanol–water partition coefficient (Wildman–Crippen LogP) is 3.83. The maximum absolute atomic E-state index is 14.0. The molecular formula is C21H20FNO4. The quantitative estimate of drug-likeness (QED) is 0.477. The first kappa shape index (κ1) is 18.8. The van der Waals surface area contributed by atoms with Gasteiger partial charge in [-0.25, -0.2) is 4.39 Å². The molecule has 3 rings (SSSR count). The standard InChI is InChI=1S/C21H20FNO4/c1-27-21(26)17-4-2-3-16(17)20(25)14-7-5-13(6-8-14)15-9-10-19(23-12-24)18(22)11-15/h5-12,16-17H,2-4H2,1H3,(H,23,24). The van der Waals surface area contributed by atoms with E-state index in [0.717, 1.165) is 12.0 Å². The van der Waals surface area contributed by atoms with Gasteiger partial charge in [0.15, 0.2) is 5.78 Å². The highest BCUT2D eigenvalue weighted by Crippen LogP contribution is 2.35. The van der Waals surface area contributed by atoms with Gasteiger partial charge in [0.05, 0.1) is 18.7 Å². The molecule has 6 heteroatoms. The summed E-state index contributed by atoms with van der Waals surface area (Å²) in [7, 11) is 1.34. The molecular weight excluding hydrogens is 349 g/mol. The Hall–Kier alpha value is -3.02. The van der Waals surface area contributed by atoms with Crippen LogP contribution in [0.25, 0.3) is 11.1 Å². The van der Waals surface area contributed by atoms with Crippen molar-refractivity contribution in [2.45, 2.75) is 19.3 Å². The third-order valence-electron chi connectivity index (χ3n) is 5.04. The third kappa shape index (κ3) is 3.89. The molecule has 0 bridgehead atoms. The minimum absolute atomic E-state index is 0.0637. The average molecular weight is 369 g/mol. The molecule has 1 fully saturated rings. The van der Waals surface area contributed by atoms with Gasteiger partial charge in [0.2, 0.25) is 6.41 Å². The molecule has 1 aliphatic rings. The number of esters is 1. The van der Waals surface area contributed by atoms with E-state index in [4.69, 9.17) is 4.74 Å². The number of methoxy groups -OCH3 is 1. The second-order valence-electron chi connectivity index (χ2n) is 6.57. The molecule has 1 saturated carbocycles. The molecule has 0 aliphatic heterocycles. The molecule has 140 valence electrons. The number of carbonyl (C=O) groups excluding carboxylic acids is 3. The lowest BCUT2D eigenvalue weighted by atomic mass is 9.88. The Morgan fingerprint density at radius 2 is 1.74 bits per heavy atom. The van der Waals surface area contributed by atoms with Gasteiger partial charge in [-0.15, -0.1) is 0 Å². The molecule has 0 spiro atoms. The smallest absolute Gasteiger partial charge is 0.309 e. The van der Waals surface area contributed by atoms with E-state index in [1.807, 2.05) is 0 Å². The van der Waals surface area contributed by atoms with E-state index in [-0.39, 0.29) is 29.3 Å². The highest BCUT2D eigenvalue weighted by molar-refractivity contribution is 6.00. The summed E-state index contributed by atoms with van der Waals surface area (Å²) in [4.78, 5) is 35.1. The Balaban J connectivity index is 1.79. The van der Waals surface area contributed by atoms with Crippen LogP contribution in [0.2, 0.25) is 0 Å². The highest BCUT2D eigenvalue weighted by Gasteiger charge is 2.38. The Kier molecular flexibility index (Phi) is 5.64. The van der Waals surface area contributed by atoms with Crippen LogP contribution in [0.5, 0.6) is 0 Å². The van der Waals surface area contributed by atoms with Crippen LogP contribution >= 0.6 is 0 Å². The zero-order chi connectivity index (χ0) is 19.4. The molecule has 5 nitrogen and oxygen atoms in total. The van der Waals surface area contributed by atoms with Crippen molar-refractivity contribution in [1.82, 2.24) is 0 Å². The fourth-order valence-electron chi connectivity index (χ4n) is 3.62. The van der Waals surface area contributed by atoms with Crippen molar-refractivity contribution in [2.75, 3.05) is 12.4 Å². The number of ether oxygens (including phenoxy) is 1. The minimum Gasteiger partial charge on any atom is -0.469 e. The van der Waals surface area contributed by atoms with Crippen LogP contribution < -0.4 is 5.32 Å². The van der Waals surface area contributed by atoms with Crippen LogP contribution in [0.15, 0.2) is 42.5 Å². The van der Waals surface area contributed by atoms with Gasteiger partial charge in [-0.2, -0.15) is 0 Å². The fourth-order valence-corrected chi connectivity index (χ4v) is 3.62. The van der Waals surface area contributed by atoms with E-state index in [1.165, 1.54) is 19.2 Å².